The standard InChI is InChI=1S/C16H21F3N2O4/c1-15(2,3)25-14(23)21-8-12(13(22)9-21)20-10-5-4-6-11(7-10)24-16(17,18)19/h4-7,12-13,20,22H,8-9H2,1-3H3. The van der Waals surface area contributed by atoms with Gasteiger partial charge < -0.3 is 24.8 Å². The smallest absolute Gasteiger partial charge is 0.444 e. The van der Waals surface area contributed by atoms with Crippen molar-refractivity contribution < 1.29 is 32.5 Å². The highest BCUT2D eigenvalue weighted by Gasteiger charge is 2.36. The molecule has 0 spiro atoms. The van der Waals surface area contributed by atoms with Crippen LogP contribution in [0.2, 0.25) is 0 Å². The Balaban J connectivity index is 1.99. The highest BCUT2D eigenvalue weighted by Crippen LogP contribution is 2.26. The van der Waals surface area contributed by atoms with Gasteiger partial charge in [0, 0.05) is 18.3 Å². The van der Waals surface area contributed by atoms with Crippen molar-refractivity contribution in [3.63, 3.8) is 0 Å². The van der Waals surface area contributed by atoms with Crippen LogP contribution in [0.4, 0.5) is 23.7 Å². The van der Waals surface area contributed by atoms with Crippen LogP contribution in [0.15, 0.2) is 24.3 Å². The lowest BCUT2D eigenvalue weighted by atomic mass is 10.2. The number of nitrogens with one attached hydrogen (secondary N) is 1. The molecule has 140 valence electrons. The van der Waals surface area contributed by atoms with E-state index in [0.29, 0.717) is 5.69 Å². The highest BCUT2D eigenvalue weighted by molar-refractivity contribution is 5.69. The number of aliphatic hydroxyl groups excluding tert-OH is 1. The summed E-state index contributed by atoms with van der Waals surface area (Å²) >= 11 is 0. The fourth-order valence-corrected chi connectivity index (χ4v) is 2.40. The van der Waals surface area contributed by atoms with Gasteiger partial charge in [0.05, 0.1) is 18.7 Å². The van der Waals surface area contributed by atoms with Crippen molar-refractivity contribution in [2.75, 3.05) is 18.4 Å². The van der Waals surface area contributed by atoms with Crippen molar-refractivity contribution in [3.05, 3.63) is 24.3 Å². The third-order valence-corrected chi connectivity index (χ3v) is 3.36. The first-order valence-corrected chi connectivity index (χ1v) is 7.71. The summed E-state index contributed by atoms with van der Waals surface area (Å²) in [5, 5.41) is 13.0. The number of anilines is 1. The number of amides is 1. The molecule has 1 aromatic carbocycles. The number of likely N-dealkylation sites (tertiary alicyclic amines) is 1. The second-order valence-electron chi connectivity index (χ2n) is 6.78. The number of hydrogen-bond acceptors (Lipinski definition) is 5. The van der Waals surface area contributed by atoms with Crippen LogP contribution >= 0.6 is 0 Å². The summed E-state index contributed by atoms with van der Waals surface area (Å²) in [7, 11) is 0. The molecule has 0 saturated carbocycles. The zero-order valence-electron chi connectivity index (χ0n) is 14.1. The van der Waals surface area contributed by atoms with Gasteiger partial charge in [0.2, 0.25) is 0 Å². The maximum Gasteiger partial charge on any atom is 0.573 e. The van der Waals surface area contributed by atoms with E-state index in [1.54, 1.807) is 26.8 Å². The molecule has 1 aromatic rings. The first kappa shape index (κ1) is 19.2. The number of carbonyl (C=O) groups is 1. The van der Waals surface area contributed by atoms with Gasteiger partial charge in [0.15, 0.2) is 0 Å². The summed E-state index contributed by atoms with van der Waals surface area (Å²) in [5.74, 6) is -0.367. The molecule has 0 radical (unpaired) electrons. The number of benzene rings is 1. The van der Waals surface area contributed by atoms with Crippen LogP contribution in [-0.2, 0) is 4.74 Å². The van der Waals surface area contributed by atoms with Crippen LogP contribution in [0.25, 0.3) is 0 Å². The first-order valence-electron chi connectivity index (χ1n) is 7.71. The molecular weight excluding hydrogens is 341 g/mol. The zero-order chi connectivity index (χ0) is 18.8. The lowest BCUT2D eigenvalue weighted by molar-refractivity contribution is -0.274. The van der Waals surface area contributed by atoms with E-state index in [4.69, 9.17) is 4.74 Å². The van der Waals surface area contributed by atoms with E-state index in [0.717, 1.165) is 0 Å². The number of β-amino-alcohol motifs (C(OH)–C–C–N with tert-alkyl or cyclic N) is 1. The molecule has 1 amide bonds. The molecule has 0 aromatic heterocycles. The highest BCUT2D eigenvalue weighted by atomic mass is 19.4. The Morgan fingerprint density at radius 3 is 2.56 bits per heavy atom. The molecule has 2 N–H and O–H groups in total. The van der Waals surface area contributed by atoms with Gasteiger partial charge in [-0.2, -0.15) is 0 Å². The Morgan fingerprint density at radius 2 is 1.96 bits per heavy atom. The van der Waals surface area contributed by atoms with Crippen molar-refractivity contribution >= 4 is 11.8 Å². The molecule has 1 aliphatic rings. The molecule has 25 heavy (non-hydrogen) atoms. The molecular formula is C16H21F3N2O4. The summed E-state index contributed by atoms with van der Waals surface area (Å²) in [6, 6.07) is 4.77. The number of carbonyl (C=O) groups excluding carboxylic acids is 1. The van der Waals surface area contributed by atoms with Crippen molar-refractivity contribution in [2.24, 2.45) is 0 Å². The summed E-state index contributed by atoms with van der Waals surface area (Å²) in [4.78, 5) is 13.4. The molecule has 2 atom stereocenters. The van der Waals surface area contributed by atoms with E-state index >= 15 is 0 Å². The lowest BCUT2D eigenvalue weighted by Gasteiger charge is -2.24. The number of alkyl halides is 3. The predicted molar refractivity (Wildman–Crippen MR) is 84.3 cm³/mol. The summed E-state index contributed by atoms with van der Waals surface area (Å²) < 4.78 is 45.9. The summed E-state index contributed by atoms with van der Waals surface area (Å²) in [6.07, 6.45) is -6.20. The minimum Gasteiger partial charge on any atom is -0.444 e. The van der Waals surface area contributed by atoms with E-state index in [-0.39, 0.29) is 18.8 Å². The van der Waals surface area contributed by atoms with Gasteiger partial charge in [-0.05, 0) is 32.9 Å². The largest absolute Gasteiger partial charge is 0.573 e. The molecule has 1 aliphatic heterocycles. The minimum atomic E-state index is -4.78. The van der Waals surface area contributed by atoms with Gasteiger partial charge >= 0.3 is 12.5 Å². The first-order chi connectivity index (χ1) is 11.4. The molecule has 2 rings (SSSR count). The number of nitrogens with zero attached hydrogens (tertiary/aromatic N) is 1. The molecule has 0 bridgehead atoms. The van der Waals surface area contributed by atoms with Gasteiger partial charge in [-0.15, -0.1) is 13.2 Å². The van der Waals surface area contributed by atoms with E-state index in [9.17, 15) is 23.1 Å². The number of ether oxygens (including phenoxy) is 2. The molecule has 2 unspecified atom stereocenters. The van der Waals surface area contributed by atoms with Gasteiger partial charge in [-0.3, -0.25) is 0 Å². The molecule has 0 aliphatic carbocycles. The summed E-state index contributed by atoms with van der Waals surface area (Å²) in [5.41, 5.74) is -0.312. The number of hydrogen-bond donors (Lipinski definition) is 2. The van der Waals surface area contributed by atoms with Crippen molar-refractivity contribution in [1.29, 1.82) is 0 Å². The quantitative estimate of drug-likeness (QED) is 0.865. The monoisotopic (exact) mass is 362 g/mol. The Morgan fingerprint density at radius 1 is 1.28 bits per heavy atom. The van der Waals surface area contributed by atoms with E-state index in [1.807, 2.05) is 0 Å². The third kappa shape index (κ3) is 6.00. The van der Waals surface area contributed by atoms with E-state index in [2.05, 4.69) is 10.1 Å². The second-order valence-corrected chi connectivity index (χ2v) is 6.78. The average molecular weight is 362 g/mol. The van der Waals surface area contributed by atoms with Crippen LogP contribution in [-0.4, -0.2) is 53.3 Å². The lowest BCUT2D eigenvalue weighted by Crippen LogP contribution is -2.36. The van der Waals surface area contributed by atoms with Gasteiger partial charge in [-0.1, -0.05) is 6.07 Å². The fourth-order valence-electron chi connectivity index (χ4n) is 2.40. The van der Waals surface area contributed by atoms with Crippen LogP contribution in [0.1, 0.15) is 20.8 Å². The van der Waals surface area contributed by atoms with E-state index < -0.39 is 30.2 Å². The molecule has 1 saturated heterocycles. The fraction of sp³-hybridized carbons (Fsp3) is 0.562. The topological polar surface area (TPSA) is 71.0 Å². The average Bonchev–Trinajstić information content (AvgIpc) is 2.77. The third-order valence-electron chi connectivity index (χ3n) is 3.36. The Labute approximate surface area is 143 Å². The SMILES string of the molecule is CC(C)(C)OC(=O)N1CC(O)C(Nc2cccc(OC(F)(F)F)c2)C1. The normalized spacial score (nSPS) is 21.2. The number of halogens is 3. The van der Waals surface area contributed by atoms with Crippen molar-refractivity contribution in [1.82, 2.24) is 4.90 Å². The minimum absolute atomic E-state index is 0.0747. The maximum absolute atomic E-state index is 12.3. The van der Waals surface area contributed by atoms with Gasteiger partial charge in [0.25, 0.3) is 0 Å². The van der Waals surface area contributed by atoms with Gasteiger partial charge in [0.1, 0.15) is 11.4 Å². The predicted octanol–water partition coefficient (Wildman–Crippen LogP) is 2.98. The van der Waals surface area contributed by atoms with Crippen LogP contribution in [0.5, 0.6) is 5.75 Å². The van der Waals surface area contributed by atoms with Crippen LogP contribution in [0.3, 0.4) is 0 Å². The Hall–Kier alpha value is -2.16. The second kappa shape index (κ2) is 6.99. The number of aliphatic hydroxyl groups is 1. The van der Waals surface area contributed by atoms with E-state index in [1.165, 1.54) is 23.1 Å². The van der Waals surface area contributed by atoms with Crippen molar-refractivity contribution in [2.45, 2.75) is 44.9 Å². The molecule has 6 nitrogen and oxygen atoms in total. The van der Waals surface area contributed by atoms with Crippen LogP contribution < -0.4 is 10.1 Å². The molecule has 1 heterocycles. The Bertz CT molecular complexity index is 616. The maximum atomic E-state index is 12.3. The number of rotatable bonds is 3. The van der Waals surface area contributed by atoms with Crippen LogP contribution in [0, 0.1) is 0 Å². The summed E-state index contributed by atoms with van der Waals surface area (Å²) in [6.45, 7) is 5.45. The zero-order valence-corrected chi connectivity index (χ0v) is 14.1. The van der Waals surface area contributed by atoms with Crippen molar-refractivity contribution in [3.8, 4) is 5.75 Å². The Kier molecular flexibility index (Phi) is 5.36. The molecule has 9 heteroatoms. The van der Waals surface area contributed by atoms with Gasteiger partial charge in [-0.25, -0.2) is 4.79 Å². The molecule has 1 fully saturated rings.